The molecule has 0 spiro atoms. The van der Waals surface area contributed by atoms with Gasteiger partial charge in [-0.05, 0) is 37.0 Å². The van der Waals surface area contributed by atoms with Crippen molar-refractivity contribution in [2.45, 2.75) is 45.4 Å². The van der Waals surface area contributed by atoms with E-state index < -0.39 is 5.41 Å². The van der Waals surface area contributed by atoms with Crippen LogP contribution in [0.25, 0.3) is 0 Å². The van der Waals surface area contributed by atoms with Crippen LogP contribution in [0.2, 0.25) is 0 Å². The quantitative estimate of drug-likeness (QED) is 0.607. The van der Waals surface area contributed by atoms with Crippen LogP contribution in [-0.4, -0.2) is 5.78 Å². The van der Waals surface area contributed by atoms with Crippen molar-refractivity contribution in [3.05, 3.63) is 0 Å². The summed E-state index contributed by atoms with van der Waals surface area (Å²) in [5.74, 6) is 1.12. The summed E-state index contributed by atoms with van der Waals surface area (Å²) in [5, 5.41) is 9.25. The summed E-state index contributed by atoms with van der Waals surface area (Å²) in [5.41, 5.74) is -0.525. The third-order valence-corrected chi connectivity index (χ3v) is 5.13. The number of hydrogen-bond donors (Lipinski definition) is 0. The normalized spacial score (nSPS) is 52.7. The van der Waals surface area contributed by atoms with Gasteiger partial charge in [0.2, 0.25) is 0 Å². The summed E-state index contributed by atoms with van der Waals surface area (Å²) >= 11 is 0. The molecular formula is C13H17NO. The molecule has 0 aliphatic heterocycles. The summed E-state index contributed by atoms with van der Waals surface area (Å²) < 4.78 is 0. The number of nitriles is 1. The Morgan fingerprint density at radius 2 is 2.13 bits per heavy atom. The Balaban J connectivity index is 1.96. The Morgan fingerprint density at radius 1 is 1.40 bits per heavy atom. The molecule has 3 aliphatic carbocycles. The maximum atomic E-state index is 12.3. The lowest BCUT2D eigenvalue weighted by molar-refractivity contribution is -0.133. The highest BCUT2D eigenvalue weighted by Crippen LogP contribution is 2.72. The minimum Gasteiger partial charge on any atom is -0.298 e. The second-order valence-corrected chi connectivity index (χ2v) is 5.97. The van der Waals surface area contributed by atoms with Crippen molar-refractivity contribution in [3.8, 4) is 6.07 Å². The maximum absolute atomic E-state index is 12.3. The number of nitrogens with zero attached hydrogens (tertiary/aromatic N) is 1. The van der Waals surface area contributed by atoms with Gasteiger partial charge in [0.05, 0.1) is 6.07 Å². The van der Waals surface area contributed by atoms with E-state index >= 15 is 0 Å². The Labute approximate surface area is 90.7 Å². The molecule has 3 saturated carbocycles. The van der Waals surface area contributed by atoms with E-state index in [0.717, 1.165) is 19.3 Å². The number of ketones is 1. The predicted octanol–water partition coefficient (Wildman–Crippen LogP) is 2.69. The summed E-state index contributed by atoms with van der Waals surface area (Å²) in [6.07, 6.45) is 6.69. The molecule has 2 nitrogen and oxygen atoms in total. The fraction of sp³-hybridized carbons (Fsp3) is 0.846. The lowest BCUT2D eigenvalue weighted by Crippen LogP contribution is -2.40. The molecule has 0 heterocycles. The van der Waals surface area contributed by atoms with Gasteiger partial charge >= 0.3 is 0 Å². The first-order valence-corrected chi connectivity index (χ1v) is 6.09. The molecule has 3 rings (SSSR count). The van der Waals surface area contributed by atoms with Crippen LogP contribution in [0.15, 0.2) is 0 Å². The van der Waals surface area contributed by atoms with Gasteiger partial charge in [-0.2, -0.15) is 5.26 Å². The standard InChI is InChI=1S/C13H17NO/c1-12-6-9-4-2-3-5-10(9)11(15)13(12,7-12)8-14/h9-10H,2-7H2,1H3/t9-,10+,12-,13+/m1/s1. The minimum atomic E-state index is -0.564. The molecule has 3 fully saturated rings. The van der Waals surface area contributed by atoms with Crippen molar-refractivity contribution in [1.29, 1.82) is 5.26 Å². The zero-order valence-corrected chi connectivity index (χ0v) is 9.25. The summed E-state index contributed by atoms with van der Waals surface area (Å²) in [6, 6.07) is 2.33. The SMILES string of the molecule is C[C@]12C[C@H]3CCCC[C@@H]3C(=O)[C@@]1(C#N)C2. The number of fused-ring (bicyclic) bond motifs is 2. The van der Waals surface area contributed by atoms with Gasteiger partial charge in [-0.1, -0.05) is 19.8 Å². The average molecular weight is 203 g/mol. The van der Waals surface area contributed by atoms with Gasteiger partial charge in [0.1, 0.15) is 5.41 Å². The van der Waals surface area contributed by atoms with Crippen molar-refractivity contribution in [1.82, 2.24) is 0 Å². The molecule has 80 valence electrons. The fourth-order valence-corrected chi connectivity index (χ4v) is 4.09. The smallest absolute Gasteiger partial charge is 0.156 e. The molecule has 0 aromatic heterocycles. The summed E-state index contributed by atoms with van der Waals surface area (Å²) in [6.45, 7) is 2.14. The van der Waals surface area contributed by atoms with E-state index in [1.165, 1.54) is 19.3 Å². The third-order valence-electron chi connectivity index (χ3n) is 5.13. The minimum absolute atomic E-state index is 0.0390. The Kier molecular flexibility index (Phi) is 1.65. The number of carbonyl (C=O) groups excluding carboxylic acids is 1. The van der Waals surface area contributed by atoms with Gasteiger partial charge in [-0.15, -0.1) is 0 Å². The first-order chi connectivity index (χ1) is 7.13. The van der Waals surface area contributed by atoms with Gasteiger partial charge in [0.25, 0.3) is 0 Å². The molecule has 4 atom stereocenters. The zero-order valence-electron chi connectivity index (χ0n) is 9.25. The zero-order chi connectivity index (χ0) is 10.7. The number of rotatable bonds is 0. The molecular weight excluding hydrogens is 186 g/mol. The van der Waals surface area contributed by atoms with Gasteiger partial charge in [0.15, 0.2) is 5.78 Å². The second-order valence-electron chi connectivity index (χ2n) is 5.97. The molecule has 15 heavy (non-hydrogen) atoms. The summed E-state index contributed by atoms with van der Waals surface area (Å²) in [4.78, 5) is 12.3. The Hall–Kier alpha value is -0.840. The molecule has 0 bridgehead atoms. The highest BCUT2D eigenvalue weighted by Gasteiger charge is 2.73. The van der Waals surface area contributed by atoms with Gasteiger partial charge in [0, 0.05) is 5.92 Å². The monoisotopic (exact) mass is 203 g/mol. The van der Waals surface area contributed by atoms with Gasteiger partial charge < -0.3 is 0 Å². The number of carbonyl (C=O) groups is 1. The Bertz CT molecular complexity index is 369. The highest BCUT2D eigenvalue weighted by atomic mass is 16.1. The van der Waals surface area contributed by atoms with Crippen molar-refractivity contribution >= 4 is 5.78 Å². The van der Waals surface area contributed by atoms with Crippen molar-refractivity contribution in [2.24, 2.45) is 22.7 Å². The lowest BCUT2D eigenvalue weighted by atomic mass is 9.63. The van der Waals surface area contributed by atoms with Crippen LogP contribution in [0.1, 0.15) is 45.4 Å². The molecule has 3 aliphatic rings. The topological polar surface area (TPSA) is 40.9 Å². The van der Waals surface area contributed by atoms with E-state index in [4.69, 9.17) is 0 Å². The molecule has 0 amide bonds. The van der Waals surface area contributed by atoms with Crippen molar-refractivity contribution in [2.75, 3.05) is 0 Å². The summed E-state index contributed by atoms with van der Waals surface area (Å²) in [7, 11) is 0. The highest BCUT2D eigenvalue weighted by molar-refractivity contribution is 5.95. The van der Waals surface area contributed by atoms with E-state index in [0.29, 0.717) is 11.7 Å². The molecule has 0 unspecified atom stereocenters. The largest absolute Gasteiger partial charge is 0.298 e. The average Bonchev–Trinajstić information content (AvgIpc) is 2.86. The Morgan fingerprint density at radius 3 is 2.87 bits per heavy atom. The third kappa shape index (κ3) is 0.967. The van der Waals surface area contributed by atoms with Gasteiger partial charge in [-0.25, -0.2) is 0 Å². The molecule has 0 aromatic rings. The van der Waals surface area contributed by atoms with Crippen molar-refractivity contribution in [3.63, 3.8) is 0 Å². The van der Waals surface area contributed by atoms with Crippen LogP contribution in [0.5, 0.6) is 0 Å². The van der Waals surface area contributed by atoms with Crippen LogP contribution in [0, 0.1) is 34.0 Å². The second kappa shape index (κ2) is 2.64. The molecule has 0 N–H and O–H groups in total. The van der Waals surface area contributed by atoms with Crippen LogP contribution in [0.4, 0.5) is 0 Å². The van der Waals surface area contributed by atoms with Gasteiger partial charge in [-0.3, -0.25) is 4.79 Å². The van der Waals surface area contributed by atoms with E-state index in [-0.39, 0.29) is 11.3 Å². The predicted molar refractivity (Wildman–Crippen MR) is 55.8 cm³/mol. The van der Waals surface area contributed by atoms with Crippen LogP contribution >= 0.6 is 0 Å². The van der Waals surface area contributed by atoms with Crippen LogP contribution in [0.3, 0.4) is 0 Å². The first kappa shape index (κ1) is 9.39. The van der Waals surface area contributed by atoms with Crippen molar-refractivity contribution < 1.29 is 4.79 Å². The molecule has 0 saturated heterocycles. The van der Waals surface area contributed by atoms with E-state index in [9.17, 15) is 10.1 Å². The maximum Gasteiger partial charge on any atom is 0.156 e. The lowest BCUT2D eigenvalue weighted by Gasteiger charge is -2.38. The van der Waals surface area contributed by atoms with E-state index in [2.05, 4.69) is 13.0 Å². The number of Topliss-reactive ketones (excluding diaryl/α,β-unsaturated/α-hetero) is 1. The van der Waals surface area contributed by atoms with Crippen LogP contribution < -0.4 is 0 Å². The molecule has 2 heteroatoms. The van der Waals surface area contributed by atoms with Crippen LogP contribution in [-0.2, 0) is 4.79 Å². The molecule has 0 radical (unpaired) electrons. The number of hydrogen-bond acceptors (Lipinski definition) is 2. The fourth-order valence-electron chi connectivity index (χ4n) is 4.09. The van der Waals surface area contributed by atoms with E-state index in [1.807, 2.05) is 0 Å². The molecule has 0 aromatic carbocycles. The van der Waals surface area contributed by atoms with E-state index in [1.54, 1.807) is 0 Å². The first-order valence-electron chi connectivity index (χ1n) is 6.09.